The number of morpholine rings is 1. The summed E-state index contributed by atoms with van der Waals surface area (Å²) in [7, 11) is 0. The van der Waals surface area contributed by atoms with Gasteiger partial charge < -0.3 is 18.9 Å². The topological polar surface area (TPSA) is 43.7 Å². The van der Waals surface area contributed by atoms with Gasteiger partial charge in [-0.3, -0.25) is 4.79 Å². The van der Waals surface area contributed by atoms with Crippen molar-refractivity contribution in [3.05, 3.63) is 138 Å². The van der Waals surface area contributed by atoms with Crippen molar-refractivity contribution in [1.29, 1.82) is 0 Å². The average molecular weight is 531 g/mol. The molecule has 1 amide bonds. The Kier molecular flexibility index (Phi) is 7.92. The largest absolute Gasteiger partial charge is 0.489 e. The van der Waals surface area contributed by atoms with E-state index in [9.17, 15) is 4.79 Å². The molecule has 5 nitrogen and oxygen atoms in total. The lowest BCUT2D eigenvalue weighted by atomic mass is 9.87. The summed E-state index contributed by atoms with van der Waals surface area (Å²) in [5.41, 5.74) is 5.77. The maximum absolute atomic E-state index is 13.6. The van der Waals surface area contributed by atoms with Gasteiger partial charge in [0.15, 0.2) is 0 Å². The Morgan fingerprint density at radius 1 is 0.800 bits per heavy atom. The number of aromatic nitrogens is 1. The van der Waals surface area contributed by atoms with Crippen molar-refractivity contribution in [2.45, 2.75) is 25.5 Å². The number of benzene rings is 4. The summed E-state index contributed by atoms with van der Waals surface area (Å²) in [5.74, 6) is 0.847. The van der Waals surface area contributed by atoms with E-state index in [1.807, 2.05) is 41.3 Å². The molecule has 0 radical (unpaired) electrons. The van der Waals surface area contributed by atoms with Gasteiger partial charge in [0.05, 0.1) is 13.2 Å². The van der Waals surface area contributed by atoms with E-state index >= 15 is 0 Å². The average Bonchev–Trinajstić information content (AvgIpc) is 3.38. The molecule has 5 heteroatoms. The van der Waals surface area contributed by atoms with Gasteiger partial charge in [-0.2, -0.15) is 0 Å². The lowest BCUT2D eigenvalue weighted by molar-refractivity contribution is -0.135. The van der Waals surface area contributed by atoms with Gasteiger partial charge in [0.2, 0.25) is 5.91 Å². The third-order valence-corrected chi connectivity index (χ3v) is 7.64. The summed E-state index contributed by atoms with van der Waals surface area (Å²) in [6, 6.07) is 37.4. The maximum atomic E-state index is 13.6. The Morgan fingerprint density at radius 3 is 2.27 bits per heavy atom. The van der Waals surface area contributed by atoms with Crippen molar-refractivity contribution in [2.24, 2.45) is 0 Å². The minimum atomic E-state index is -0.113. The lowest BCUT2D eigenvalue weighted by Crippen LogP contribution is -2.41. The number of carbonyl (C=O) groups is 1. The molecule has 2 heterocycles. The van der Waals surface area contributed by atoms with Gasteiger partial charge in [-0.25, -0.2) is 0 Å². The highest BCUT2D eigenvalue weighted by molar-refractivity contribution is 5.87. The number of para-hydroxylation sites is 1. The molecule has 5 aromatic rings. The van der Waals surface area contributed by atoms with E-state index < -0.39 is 0 Å². The van der Waals surface area contributed by atoms with Crippen LogP contribution in [0.4, 0.5) is 0 Å². The second kappa shape index (κ2) is 12.2. The van der Waals surface area contributed by atoms with E-state index in [0.717, 1.165) is 29.0 Å². The molecule has 1 atom stereocenters. The summed E-state index contributed by atoms with van der Waals surface area (Å²) in [4.78, 5) is 15.6. The van der Waals surface area contributed by atoms with Crippen LogP contribution in [0.25, 0.3) is 10.9 Å². The highest BCUT2D eigenvalue weighted by Gasteiger charge is 2.26. The van der Waals surface area contributed by atoms with E-state index in [1.165, 1.54) is 16.5 Å². The number of fused-ring (bicyclic) bond motifs is 1. The third kappa shape index (κ3) is 5.95. The third-order valence-electron chi connectivity index (χ3n) is 7.64. The standard InChI is InChI=1S/C35H34N2O3/c38-35(36-18-20-39-21-19-36)23-32(29-14-9-15-30(22-29)40-26-28-12-5-2-6-13-28)33-25-37(24-27-10-3-1-4-11-27)34-17-8-7-16-31(33)34/h1-17,22,25,32H,18-21,23-24,26H2/t32-/m0/s1. The van der Waals surface area contributed by atoms with Crippen molar-refractivity contribution in [3.8, 4) is 5.75 Å². The smallest absolute Gasteiger partial charge is 0.223 e. The Bertz CT molecular complexity index is 1560. The van der Waals surface area contributed by atoms with Crippen LogP contribution in [-0.2, 0) is 22.7 Å². The fourth-order valence-corrected chi connectivity index (χ4v) is 5.55. The van der Waals surface area contributed by atoms with Crippen molar-refractivity contribution in [1.82, 2.24) is 9.47 Å². The normalized spacial score (nSPS) is 14.2. The molecule has 0 spiro atoms. The molecule has 0 saturated carbocycles. The zero-order valence-electron chi connectivity index (χ0n) is 22.6. The molecule has 1 aliphatic rings. The van der Waals surface area contributed by atoms with Crippen LogP contribution >= 0.6 is 0 Å². The van der Waals surface area contributed by atoms with Crippen molar-refractivity contribution in [2.75, 3.05) is 26.3 Å². The zero-order valence-corrected chi connectivity index (χ0v) is 22.6. The summed E-state index contributed by atoms with van der Waals surface area (Å²) >= 11 is 0. The highest BCUT2D eigenvalue weighted by Crippen LogP contribution is 2.37. The van der Waals surface area contributed by atoms with Crippen LogP contribution in [0.1, 0.15) is 34.6 Å². The van der Waals surface area contributed by atoms with Crippen molar-refractivity contribution in [3.63, 3.8) is 0 Å². The molecule has 0 unspecified atom stereocenters. The van der Waals surface area contributed by atoms with Crippen LogP contribution in [0.15, 0.2) is 115 Å². The van der Waals surface area contributed by atoms with Crippen LogP contribution in [0.3, 0.4) is 0 Å². The quantitative estimate of drug-likeness (QED) is 0.214. The fourth-order valence-electron chi connectivity index (χ4n) is 5.55. The molecule has 1 saturated heterocycles. The first-order chi connectivity index (χ1) is 19.7. The number of amides is 1. The first kappa shape index (κ1) is 25.9. The van der Waals surface area contributed by atoms with Gasteiger partial charge in [0, 0.05) is 49.1 Å². The first-order valence-electron chi connectivity index (χ1n) is 14.0. The first-order valence-corrected chi connectivity index (χ1v) is 14.0. The Hall–Kier alpha value is -4.35. The van der Waals surface area contributed by atoms with E-state index in [4.69, 9.17) is 9.47 Å². The van der Waals surface area contributed by atoms with Crippen molar-refractivity contribution >= 4 is 16.8 Å². The maximum Gasteiger partial charge on any atom is 0.223 e. The number of hydrogen-bond donors (Lipinski definition) is 0. The fraction of sp³-hybridized carbons (Fsp3) is 0.229. The minimum Gasteiger partial charge on any atom is -0.489 e. The summed E-state index contributed by atoms with van der Waals surface area (Å²) in [6.07, 6.45) is 2.63. The van der Waals surface area contributed by atoms with Crippen LogP contribution in [0.2, 0.25) is 0 Å². The highest BCUT2D eigenvalue weighted by atomic mass is 16.5. The van der Waals surface area contributed by atoms with Gasteiger partial charge in [-0.15, -0.1) is 0 Å². The molecule has 4 aromatic carbocycles. The monoisotopic (exact) mass is 530 g/mol. The van der Waals surface area contributed by atoms with Gasteiger partial charge in [0.25, 0.3) is 0 Å². The Labute approximate surface area is 235 Å². The predicted molar refractivity (Wildman–Crippen MR) is 159 cm³/mol. The second-order valence-corrected chi connectivity index (χ2v) is 10.3. The van der Waals surface area contributed by atoms with E-state index in [2.05, 4.69) is 83.6 Å². The number of nitrogens with zero attached hydrogens (tertiary/aromatic N) is 2. The van der Waals surface area contributed by atoms with Crippen molar-refractivity contribution < 1.29 is 14.3 Å². The van der Waals surface area contributed by atoms with Gasteiger partial charge in [-0.05, 0) is 40.5 Å². The number of carbonyl (C=O) groups excluding carboxylic acids is 1. The molecular weight excluding hydrogens is 496 g/mol. The van der Waals surface area contributed by atoms with Crippen LogP contribution in [0.5, 0.6) is 5.75 Å². The zero-order chi connectivity index (χ0) is 27.1. The second-order valence-electron chi connectivity index (χ2n) is 10.3. The number of hydrogen-bond acceptors (Lipinski definition) is 3. The van der Waals surface area contributed by atoms with E-state index in [0.29, 0.717) is 39.3 Å². The minimum absolute atomic E-state index is 0.113. The summed E-state index contributed by atoms with van der Waals surface area (Å²) < 4.78 is 14.0. The Morgan fingerprint density at radius 2 is 1.50 bits per heavy atom. The Balaban J connectivity index is 1.36. The van der Waals surface area contributed by atoms with Crippen LogP contribution < -0.4 is 4.74 Å². The van der Waals surface area contributed by atoms with Gasteiger partial charge in [-0.1, -0.05) is 91.0 Å². The molecule has 6 rings (SSSR count). The summed E-state index contributed by atoms with van der Waals surface area (Å²) in [6.45, 7) is 3.73. The van der Waals surface area contributed by atoms with Gasteiger partial charge >= 0.3 is 0 Å². The number of rotatable bonds is 9. The molecule has 1 aromatic heterocycles. The molecule has 0 aliphatic carbocycles. The molecule has 1 aliphatic heterocycles. The molecular formula is C35H34N2O3. The lowest BCUT2D eigenvalue weighted by Gasteiger charge is -2.29. The SMILES string of the molecule is O=C(C[C@@H](c1cccc(OCc2ccccc2)c1)c1cn(Cc2ccccc2)c2ccccc12)N1CCOCC1. The van der Waals surface area contributed by atoms with Gasteiger partial charge in [0.1, 0.15) is 12.4 Å². The molecule has 1 fully saturated rings. The number of ether oxygens (including phenoxy) is 2. The molecule has 40 heavy (non-hydrogen) atoms. The summed E-state index contributed by atoms with van der Waals surface area (Å²) in [5, 5.41) is 1.17. The van der Waals surface area contributed by atoms with Crippen LogP contribution in [-0.4, -0.2) is 41.7 Å². The predicted octanol–water partition coefficient (Wildman–Crippen LogP) is 6.65. The molecule has 202 valence electrons. The van der Waals surface area contributed by atoms with E-state index in [1.54, 1.807) is 0 Å². The molecule has 0 N–H and O–H groups in total. The molecule has 0 bridgehead atoms. The van der Waals surface area contributed by atoms with Crippen LogP contribution in [0, 0.1) is 0 Å². The van der Waals surface area contributed by atoms with E-state index in [-0.39, 0.29) is 11.8 Å².